The molecule has 2 aromatic rings. The first-order chi connectivity index (χ1) is 9.17. The Labute approximate surface area is 115 Å². The number of hydrogen-bond donors (Lipinski definition) is 1. The maximum Gasteiger partial charge on any atom is 0.0534 e. The standard InChI is InChI=1S/C16H23N3/c1-4-19-12-16(11-18-19)10-17-14(3)9-15-7-5-13(2)6-8-15/h5-8,11-12,14,17H,4,9-10H2,1-3H3. The van der Waals surface area contributed by atoms with Gasteiger partial charge in [0.25, 0.3) is 0 Å². The zero-order valence-corrected chi connectivity index (χ0v) is 12.1. The van der Waals surface area contributed by atoms with Gasteiger partial charge in [-0.05, 0) is 32.8 Å². The Morgan fingerprint density at radius 2 is 1.95 bits per heavy atom. The second-order valence-corrected chi connectivity index (χ2v) is 5.18. The molecular formula is C16H23N3. The number of aromatic nitrogens is 2. The third-order valence-electron chi connectivity index (χ3n) is 3.33. The Morgan fingerprint density at radius 1 is 1.21 bits per heavy atom. The minimum atomic E-state index is 0.465. The van der Waals surface area contributed by atoms with Gasteiger partial charge < -0.3 is 5.32 Å². The molecule has 0 radical (unpaired) electrons. The fourth-order valence-electron chi connectivity index (χ4n) is 2.11. The Hall–Kier alpha value is -1.61. The normalized spacial score (nSPS) is 12.6. The Balaban J connectivity index is 1.81. The molecule has 0 amide bonds. The molecule has 1 atom stereocenters. The Morgan fingerprint density at radius 3 is 2.58 bits per heavy atom. The van der Waals surface area contributed by atoms with Gasteiger partial charge in [0.1, 0.15) is 0 Å². The highest BCUT2D eigenvalue weighted by molar-refractivity contribution is 5.22. The van der Waals surface area contributed by atoms with Gasteiger partial charge in [-0.2, -0.15) is 5.10 Å². The van der Waals surface area contributed by atoms with Crippen molar-refractivity contribution in [2.75, 3.05) is 0 Å². The molecule has 0 fully saturated rings. The summed E-state index contributed by atoms with van der Waals surface area (Å²) in [6, 6.07) is 9.24. The summed E-state index contributed by atoms with van der Waals surface area (Å²) in [5.41, 5.74) is 3.95. The van der Waals surface area contributed by atoms with Crippen molar-refractivity contribution in [1.82, 2.24) is 15.1 Å². The van der Waals surface area contributed by atoms with Crippen LogP contribution in [0.2, 0.25) is 0 Å². The number of rotatable bonds is 6. The summed E-state index contributed by atoms with van der Waals surface area (Å²) in [5.74, 6) is 0. The molecule has 1 aromatic carbocycles. The average Bonchev–Trinajstić information content (AvgIpc) is 2.87. The van der Waals surface area contributed by atoms with Gasteiger partial charge in [0.2, 0.25) is 0 Å². The number of aryl methyl sites for hydroxylation is 2. The van der Waals surface area contributed by atoms with Crippen molar-refractivity contribution in [3.8, 4) is 0 Å². The summed E-state index contributed by atoms with van der Waals surface area (Å²) in [6.45, 7) is 8.26. The maximum absolute atomic E-state index is 4.28. The van der Waals surface area contributed by atoms with Gasteiger partial charge in [-0.3, -0.25) is 4.68 Å². The summed E-state index contributed by atoms with van der Waals surface area (Å²) in [6.07, 6.45) is 5.10. The molecule has 102 valence electrons. The zero-order chi connectivity index (χ0) is 13.7. The van der Waals surface area contributed by atoms with E-state index in [-0.39, 0.29) is 0 Å². The predicted octanol–water partition coefficient (Wildman–Crippen LogP) is 2.93. The zero-order valence-electron chi connectivity index (χ0n) is 12.1. The lowest BCUT2D eigenvalue weighted by molar-refractivity contribution is 0.545. The van der Waals surface area contributed by atoms with Crippen LogP contribution >= 0.6 is 0 Å². The van der Waals surface area contributed by atoms with Gasteiger partial charge in [0.05, 0.1) is 6.20 Å². The van der Waals surface area contributed by atoms with E-state index in [1.807, 2.05) is 10.9 Å². The molecule has 0 aliphatic heterocycles. The first-order valence-electron chi connectivity index (χ1n) is 6.97. The SMILES string of the molecule is CCn1cc(CNC(C)Cc2ccc(C)cc2)cn1. The number of nitrogens with zero attached hydrogens (tertiary/aromatic N) is 2. The first-order valence-corrected chi connectivity index (χ1v) is 6.97. The first kappa shape index (κ1) is 13.8. The molecule has 0 saturated carbocycles. The second kappa shape index (κ2) is 6.53. The molecule has 0 spiro atoms. The van der Waals surface area contributed by atoms with Crippen LogP contribution in [-0.4, -0.2) is 15.8 Å². The summed E-state index contributed by atoms with van der Waals surface area (Å²) in [5, 5.41) is 7.83. The quantitative estimate of drug-likeness (QED) is 0.862. The number of benzene rings is 1. The van der Waals surface area contributed by atoms with Crippen molar-refractivity contribution >= 4 is 0 Å². The van der Waals surface area contributed by atoms with Crippen LogP contribution in [-0.2, 0) is 19.5 Å². The van der Waals surface area contributed by atoms with Crippen LogP contribution in [0.1, 0.15) is 30.5 Å². The Kier molecular flexibility index (Phi) is 4.74. The van der Waals surface area contributed by atoms with Crippen LogP contribution in [0.4, 0.5) is 0 Å². The molecular weight excluding hydrogens is 234 g/mol. The van der Waals surface area contributed by atoms with Crippen LogP contribution in [0, 0.1) is 6.92 Å². The second-order valence-electron chi connectivity index (χ2n) is 5.18. The third-order valence-corrected chi connectivity index (χ3v) is 3.33. The molecule has 3 nitrogen and oxygen atoms in total. The number of nitrogens with one attached hydrogen (secondary N) is 1. The van der Waals surface area contributed by atoms with Crippen molar-refractivity contribution in [1.29, 1.82) is 0 Å². The van der Waals surface area contributed by atoms with Gasteiger partial charge >= 0.3 is 0 Å². The lowest BCUT2D eigenvalue weighted by Gasteiger charge is -2.13. The van der Waals surface area contributed by atoms with Crippen molar-refractivity contribution in [2.45, 2.75) is 46.3 Å². The van der Waals surface area contributed by atoms with Crippen LogP contribution in [0.15, 0.2) is 36.7 Å². The fourth-order valence-corrected chi connectivity index (χ4v) is 2.11. The molecule has 19 heavy (non-hydrogen) atoms. The minimum absolute atomic E-state index is 0.465. The maximum atomic E-state index is 4.28. The highest BCUT2D eigenvalue weighted by atomic mass is 15.3. The molecule has 1 heterocycles. The van der Waals surface area contributed by atoms with E-state index in [4.69, 9.17) is 0 Å². The van der Waals surface area contributed by atoms with E-state index >= 15 is 0 Å². The van der Waals surface area contributed by atoms with Crippen LogP contribution in [0.25, 0.3) is 0 Å². The summed E-state index contributed by atoms with van der Waals surface area (Å²) < 4.78 is 1.96. The van der Waals surface area contributed by atoms with Crippen molar-refractivity contribution in [3.63, 3.8) is 0 Å². The smallest absolute Gasteiger partial charge is 0.0534 e. The molecule has 0 saturated heterocycles. The van der Waals surface area contributed by atoms with E-state index in [0.29, 0.717) is 6.04 Å². The molecule has 1 unspecified atom stereocenters. The van der Waals surface area contributed by atoms with Gasteiger partial charge in [-0.15, -0.1) is 0 Å². The van der Waals surface area contributed by atoms with Gasteiger partial charge in [-0.25, -0.2) is 0 Å². The Bertz CT molecular complexity index is 499. The van der Waals surface area contributed by atoms with E-state index in [0.717, 1.165) is 19.5 Å². The average molecular weight is 257 g/mol. The van der Waals surface area contributed by atoms with Gasteiger partial charge in [-0.1, -0.05) is 29.8 Å². The molecule has 2 rings (SSSR count). The van der Waals surface area contributed by atoms with E-state index in [9.17, 15) is 0 Å². The lowest BCUT2D eigenvalue weighted by atomic mass is 10.1. The third kappa shape index (κ3) is 4.21. The van der Waals surface area contributed by atoms with Gasteiger partial charge in [0, 0.05) is 30.9 Å². The van der Waals surface area contributed by atoms with Gasteiger partial charge in [0.15, 0.2) is 0 Å². The highest BCUT2D eigenvalue weighted by Crippen LogP contribution is 2.06. The molecule has 0 aliphatic rings. The van der Waals surface area contributed by atoms with Crippen LogP contribution in [0.3, 0.4) is 0 Å². The van der Waals surface area contributed by atoms with E-state index in [1.54, 1.807) is 0 Å². The number of hydrogen-bond acceptors (Lipinski definition) is 2. The summed E-state index contributed by atoms with van der Waals surface area (Å²) in [7, 11) is 0. The fraction of sp³-hybridized carbons (Fsp3) is 0.438. The molecule has 1 N–H and O–H groups in total. The van der Waals surface area contributed by atoms with E-state index < -0.39 is 0 Å². The molecule has 3 heteroatoms. The largest absolute Gasteiger partial charge is 0.310 e. The predicted molar refractivity (Wildman–Crippen MR) is 79.1 cm³/mol. The van der Waals surface area contributed by atoms with Crippen molar-refractivity contribution in [3.05, 3.63) is 53.3 Å². The lowest BCUT2D eigenvalue weighted by Crippen LogP contribution is -2.27. The monoisotopic (exact) mass is 257 g/mol. The molecule has 1 aromatic heterocycles. The summed E-state index contributed by atoms with van der Waals surface area (Å²) in [4.78, 5) is 0. The topological polar surface area (TPSA) is 29.9 Å². The van der Waals surface area contributed by atoms with Crippen LogP contribution in [0.5, 0.6) is 0 Å². The van der Waals surface area contributed by atoms with E-state index in [1.165, 1.54) is 16.7 Å². The minimum Gasteiger partial charge on any atom is -0.310 e. The van der Waals surface area contributed by atoms with E-state index in [2.05, 4.69) is 61.6 Å². The molecule has 0 bridgehead atoms. The van der Waals surface area contributed by atoms with Crippen molar-refractivity contribution < 1.29 is 0 Å². The highest BCUT2D eigenvalue weighted by Gasteiger charge is 2.04. The van der Waals surface area contributed by atoms with Crippen molar-refractivity contribution in [2.24, 2.45) is 0 Å². The summed E-state index contributed by atoms with van der Waals surface area (Å²) >= 11 is 0. The molecule has 0 aliphatic carbocycles. The van der Waals surface area contributed by atoms with Crippen LogP contribution < -0.4 is 5.32 Å².